The molecule has 0 spiro atoms. The number of rotatable bonds is 10. The minimum atomic E-state index is -0.341. The van der Waals surface area contributed by atoms with E-state index in [2.05, 4.69) is 24.1 Å². The second kappa shape index (κ2) is 10.1. The summed E-state index contributed by atoms with van der Waals surface area (Å²) in [5.41, 5.74) is -0.341. The molecule has 1 aliphatic rings. The Morgan fingerprint density at radius 1 is 1.08 bits per heavy atom. The fourth-order valence-corrected chi connectivity index (χ4v) is 3.89. The van der Waals surface area contributed by atoms with Crippen LogP contribution >= 0.6 is 0 Å². The van der Waals surface area contributed by atoms with Crippen LogP contribution in [0.2, 0.25) is 0 Å². The zero-order valence-corrected chi connectivity index (χ0v) is 17.2. The summed E-state index contributed by atoms with van der Waals surface area (Å²) >= 11 is 0. The zero-order valence-electron chi connectivity index (χ0n) is 17.2. The number of likely N-dealkylation sites (tertiary alicyclic amines) is 1. The van der Waals surface area contributed by atoms with E-state index in [4.69, 9.17) is 0 Å². The SMILES string of the molecule is CCC(CC)(CC)C(=O)NCC(=O)N(C)[C@H](CN1CCCC1)C(C)C. The van der Waals surface area contributed by atoms with Gasteiger partial charge in [0.2, 0.25) is 11.8 Å². The lowest BCUT2D eigenvalue weighted by atomic mass is 9.79. The smallest absolute Gasteiger partial charge is 0.242 e. The molecule has 1 atom stereocenters. The van der Waals surface area contributed by atoms with Crippen molar-refractivity contribution in [3.8, 4) is 0 Å². The lowest BCUT2D eigenvalue weighted by Gasteiger charge is -2.35. The molecule has 25 heavy (non-hydrogen) atoms. The summed E-state index contributed by atoms with van der Waals surface area (Å²) < 4.78 is 0. The first-order chi connectivity index (χ1) is 11.8. The van der Waals surface area contributed by atoms with Crippen LogP contribution < -0.4 is 5.32 Å². The Kier molecular flexibility index (Phi) is 8.91. The molecular weight excluding hydrogens is 314 g/mol. The predicted molar refractivity (Wildman–Crippen MR) is 103 cm³/mol. The molecule has 146 valence electrons. The van der Waals surface area contributed by atoms with E-state index in [0.717, 1.165) is 38.9 Å². The third kappa shape index (κ3) is 5.70. The predicted octanol–water partition coefficient (Wildman–Crippen LogP) is 2.90. The highest BCUT2D eigenvalue weighted by atomic mass is 16.2. The highest BCUT2D eigenvalue weighted by Gasteiger charge is 2.33. The lowest BCUT2D eigenvalue weighted by molar-refractivity contribution is -0.138. The number of hydrogen-bond acceptors (Lipinski definition) is 3. The van der Waals surface area contributed by atoms with Crippen LogP contribution in [0.4, 0.5) is 0 Å². The minimum absolute atomic E-state index is 0.00320. The Hall–Kier alpha value is -1.10. The highest BCUT2D eigenvalue weighted by molar-refractivity contribution is 5.87. The fourth-order valence-electron chi connectivity index (χ4n) is 3.89. The van der Waals surface area contributed by atoms with Gasteiger partial charge in [0.25, 0.3) is 0 Å². The van der Waals surface area contributed by atoms with Crippen molar-refractivity contribution in [2.45, 2.75) is 72.8 Å². The van der Waals surface area contributed by atoms with Gasteiger partial charge < -0.3 is 15.1 Å². The molecule has 5 heteroatoms. The first kappa shape index (κ1) is 21.9. The molecular formula is C20H39N3O2. The summed E-state index contributed by atoms with van der Waals surface area (Å²) in [6.07, 6.45) is 4.93. The van der Waals surface area contributed by atoms with E-state index in [9.17, 15) is 9.59 Å². The first-order valence-corrected chi connectivity index (χ1v) is 10.1. The standard InChI is InChI=1S/C20H39N3O2/c1-7-20(8-2,9-3)19(25)21-14-18(24)22(6)17(16(4)5)15-23-12-10-11-13-23/h16-17H,7-15H2,1-6H3,(H,21,25)/t17-/m1/s1. The van der Waals surface area contributed by atoms with Crippen LogP contribution in [-0.2, 0) is 9.59 Å². The van der Waals surface area contributed by atoms with Gasteiger partial charge in [-0.3, -0.25) is 9.59 Å². The van der Waals surface area contributed by atoms with E-state index < -0.39 is 0 Å². The molecule has 0 saturated carbocycles. The maximum atomic E-state index is 12.7. The molecule has 0 radical (unpaired) electrons. The number of carbonyl (C=O) groups excluding carboxylic acids is 2. The largest absolute Gasteiger partial charge is 0.347 e. The van der Waals surface area contributed by atoms with Crippen molar-refractivity contribution in [3.63, 3.8) is 0 Å². The van der Waals surface area contributed by atoms with Gasteiger partial charge in [-0.2, -0.15) is 0 Å². The quantitative estimate of drug-likeness (QED) is 0.657. The van der Waals surface area contributed by atoms with Gasteiger partial charge in [-0.25, -0.2) is 0 Å². The van der Waals surface area contributed by atoms with Gasteiger partial charge in [-0.15, -0.1) is 0 Å². The van der Waals surface area contributed by atoms with Crippen LogP contribution in [0.1, 0.15) is 66.7 Å². The molecule has 0 aliphatic carbocycles. The van der Waals surface area contributed by atoms with Crippen LogP contribution in [0, 0.1) is 11.3 Å². The average molecular weight is 354 g/mol. The van der Waals surface area contributed by atoms with Gasteiger partial charge in [-0.1, -0.05) is 34.6 Å². The van der Waals surface area contributed by atoms with Gasteiger partial charge in [0.1, 0.15) is 0 Å². The minimum Gasteiger partial charge on any atom is -0.347 e. The van der Waals surface area contributed by atoms with Crippen molar-refractivity contribution in [2.24, 2.45) is 11.3 Å². The lowest BCUT2D eigenvalue weighted by Crippen LogP contribution is -2.51. The molecule has 0 aromatic heterocycles. The average Bonchev–Trinajstić information content (AvgIpc) is 3.12. The number of nitrogens with one attached hydrogen (secondary N) is 1. The number of amides is 2. The van der Waals surface area contributed by atoms with Crippen molar-refractivity contribution in [3.05, 3.63) is 0 Å². The van der Waals surface area contributed by atoms with E-state index >= 15 is 0 Å². The normalized spacial score (nSPS) is 16.9. The Balaban J connectivity index is 2.62. The Morgan fingerprint density at radius 2 is 1.60 bits per heavy atom. The van der Waals surface area contributed by atoms with Gasteiger partial charge in [0, 0.05) is 25.0 Å². The maximum absolute atomic E-state index is 12.7. The van der Waals surface area contributed by atoms with E-state index in [1.807, 2.05) is 32.7 Å². The zero-order chi connectivity index (χ0) is 19.0. The van der Waals surface area contributed by atoms with Crippen LogP contribution in [-0.4, -0.2) is 60.9 Å². The molecule has 0 aromatic rings. The van der Waals surface area contributed by atoms with Crippen molar-refractivity contribution in [1.82, 2.24) is 15.1 Å². The summed E-state index contributed by atoms with van der Waals surface area (Å²) in [5.74, 6) is 0.414. The summed E-state index contributed by atoms with van der Waals surface area (Å²) in [5, 5.41) is 2.90. The van der Waals surface area contributed by atoms with Gasteiger partial charge in [0.15, 0.2) is 0 Å². The molecule has 1 heterocycles. The van der Waals surface area contributed by atoms with Crippen molar-refractivity contribution in [2.75, 3.05) is 33.2 Å². The summed E-state index contributed by atoms with van der Waals surface area (Å²) in [7, 11) is 1.88. The Morgan fingerprint density at radius 3 is 2.04 bits per heavy atom. The molecule has 1 fully saturated rings. The van der Waals surface area contributed by atoms with Gasteiger partial charge >= 0.3 is 0 Å². The van der Waals surface area contributed by atoms with E-state index in [1.165, 1.54) is 12.8 Å². The second-order valence-corrected chi connectivity index (χ2v) is 7.85. The van der Waals surface area contributed by atoms with Crippen LogP contribution in [0.3, 0.4) is 0 Å². The summed E-state index contributed by atoms with van der Waals surface area (Å²) in [6.45, 7) is 13.8. The molecule has 5 nitrogen and oxygen atoms in total. The molecule has 2 amide bonds. The number of carbonyl (C=O) groups is 2. The fraction of sp³-hybridized carbons (Fsp3) is 0.900. The van der Waals surface area contributed by atoms with Crippen molar-refractivity contribution in [1.29, 1.82) is 0 Å². The third-order valence-corrected chi connectivity index (χ3v) is 6.22. The molecule has 0 bridgehead atoms. The maximum Gasteiger partial charge on any atom is 0.242 e. The molecule has 1 N–H and O–H groups in total. The molecule has 0 aromatic carbocycles. The van der Waals surface area contributed by atoms with E-state index in [1.54, 1.807) is 0 Å². The summed E-state index contributed by atoms with van der Waals surface area (Å²) in [4.78, 5) is 29.5. The monoisotopic (exact) mass is 353 g/mol. The van der Waals surface area contributed by atoms with Gasteiger partial charge in [0.05, 0.1) is 6.54 Å². The van der Waals surface area contributed by atoms with Gasteiger partial charge in [-0.05, 0) is 51.1 Å². The van der Waals surface area contributed by atoms with Crippen LogP contribution in [0.5, 0.6) is 0 Å². The number of hydrogen-bond donors (Lipinski definition) is 1. The summed E-state index contributed by atoms with van der Waals surface area (Å²) in [6, 6.07) is 0.191. The molecule has 1 rings (SSSR count). The van der Waals surface area contributed by atoms with Crippen molar-refractivity contribution >= 4 is 11.8 Å². The third-order valence-electron chi connectivity index (χ3n) is 6.22. The number of likely N-dealkylation sites (N-methyl/N-ethyl adjacent to an activating group) is 1. The molecule has 1 aliphatic heterocycles. The Labute approximate surface area is 154 Å². The molecule has 0 unspecified atom stereocenters. The topological polar surface area (TPSA) is 52.7 Å². The molecule has 1 saturated heterocycles. The van der Waals surface area contributed by atoms with E-state index in [-0.39, 0.29) is 29.8 Å². The number of nitrogens with zero attached hydrogens (tertiary/aromatic N) is 2. The van der Waals surface area contributed by atoms with Crippen LogP contribution in [0.25, 0.3) is 0 Å². The van der Waals surface area contributed by atoms with Crippen molar-refractivity contribution < 1.29 is 9.59 Å². The Bertz CT molecular complexity index is 418. The van der Waals surface area contributed by atoms with Crippen LogP contribution in [0.15, 0.2) is 0 Å². The second-order valence-electron chi connectivity index (χ2n) is 7.85. The van der Waals surface area contributed by atoms with E-state index in [0.29, 0.717) is 5.92 Å². The highest BCUT2D eigenvalue weighted by Crippen LogP contribution is 2.30. The first-order valence-electron chi connectivity index (χ1n) is 10.1.